The molecule has 19 heavy (non-hydrogen) atoms. The van der Waals surface area contributed by atoms with Crippen molar-refractivity contribution in [1.82, 2.24) is 9.55 Å². The van der Waals surface area contributed by atoms with Crippen LogP contribution in [0.25, 0.3) is 0 Å². The Hall–Kier alpha value is -1.11. The van der Waals surface area contributed by atoms with Crippen molar-refractivity contribution < 1.29 is 9.84 Å². The van der Waals surface area contributed by atoms with Crippen molar-refractivity contribution in [2.75, 3.05) is 0 Å². The minimum absolute atomic E-state index is 0.483. The van der Waals surface area contributed by atoms with Gasteiger partial charge in [0.1, 0.15) is 11.5 Å². The maximum absolute atomic E-state index is 11.8. The number of aromatic nitrogens is 2. The molecule has 1 aromatic rings. The first-order valence-corrected chi connectivity index (χ1v) is 6.70. The highest BCUT2D eigenvalue weighted by atomic mass is 35.5. The Kier molecular flexibility index (Phi) is 3.85. The van der Waals surface area contributed by atoms with Crippen molar-refractivity contribution in [3.8, 4) is 0 Å². The number of aromatic amines is 1. The van der Waals surface area contributed by atoms with Crippen LogP contribution in [0.4, 0.5) is 0 Å². The molecule has 1 fully saturated rings. The molecule has 0 aromatic carbocycles. The monoisotopic (exact) mass is 288 g/mol. The summed E-state index contributed by atoms with van der Waals surface area (Å²) in [6, 6.07) is 1.22. The molecule has 106 valence electrons. The zero-order valence-corrected chi connectivity index (χ0v) is 11.6. The van der Waals surface area contributed by atoms with Gasteiger partial charge >= 0.3 is 5.69 Å². The van der Waals surface area contributed by atoms with Crippen LogP contribution in [0.15, 0.2) is 21.9 Å². The maximum atomic E-state index is 11.8. The lowest BCUT2D eigenvalue weighted by Crippen LogP contribution is -2.40. The van der Waals surface area contributed by atoms with Gasteiger partial charge in [-0.2, -0.15) is 0 Å². The van der Waals surface area contributed by atoms with Crippen LogP contribution in [0, 0.1) is 0 Å². The first-order chi connectivity index (χ1) is 8.95. The summed E-state index contributed by atoms with van der Waals surface area (Å²) in [4.78, 5) is 25.0. The highest BCUT2D eigenvalue weighted by Crippen LogP contribution is 2.43. The quantitative estimate of drug-likeness (QED) is 0.798. The molecule has 0 radical (unpaired) electrons. The van der Waals surface area contributed by atoms with Gasteiger partial charge in [-0.3, -0.25) is 14.3 Å². The smallest absolute Gasteiger partial charge is 0.330 e. The van der Waals surface area contributed by atoms with E-state index in [0.717, 1.165) is 0 Å². The SMILES string of the molecule is CCC1(CC)O[C@@H](n2ccc(=O)[nH]c2=O)[C@H](Cl)[C@@H]1O. The summed E-state index contributed by atoms with van der Waals surface area (Å²) in [5, 5.41) is 9.49. The third-order valence-corrected chi connectivity index (χ3v) is 4.24. The van der Waals surface area contributed by atoms with Gasteiger partial charge in [0, 0.05) is 12.3 Å². The molecule has 1 saturated heterocycles. The van der Waals surface area contributed by atoms with Crippen LogP contribution in [0.1, 0.15) is 32.9 Å². The third-order valence-electron chi connectivity index (χ3n) is 3.79. The Morgan fingerprint density at radius 1 is 1.47 bits per heavy atom. The van der Waals surface area contributed by atoms with Crippen molar-refractivity contribution in [2.24, 2.45) is 0 Å². The average molecular weight is 289 g/mol. The molecule has 0 aliphatic carbocycles. The van der Waals surface area contributed by atoms with Gasteiger partial charge < -0.3 is 9.84 Å². The molecule has 0 saturated carbocycles. The number of hydrogen-bond acceptors (Lipinski definition) is 4. The summed E-state index contributed by atoms with van der Waals surface area (Å²) in [5.41, 5.74) is -1.84. The summed E-state index contributed by atoms with van der Waals surface area (Å²) in [6.07, 6.45) is 0.842. The molecule has 1 aromatic heterocycles. The zero-order valence-electron chi connectivity index (χ0n) is 10.8. The average Bonchev–Trinajstić information content (AvgIpc) is 2.64. The largest absolute Gasteiger partial charge is 0.388 e. The minimum atomic E-state index is -0.868. The zero-order chi connectivity index (χ0) is 14.2. The van der Waals surface area contributed by atoms with E-state index in [9.17, 15) is 14.7 Å². The van der Waals surface area contributed by atoms with Crippen molar-refractivity contribution in [1.29, 1.82) is 0 Å². The lowest BCUT2D eigenvalue weighted by molar-refractivity contribution is -0.107. The molecule has 6 nitrogen and oxygen atoms in total. The number of nitrogens with zero attached hydrogens (tertiary/aromatic N) is 1. The Bertz CT molecular complexity index is 563. The van der Waals surface area contributed by atoms with E-state index in [-0.39, 0.29) is 0 Å². The molecule has 3 atom stereocenters. The van der Waals surface area contributed by atoms with Crippen LogP contribution in [-0.2, 0) is 4.74 Å². The van der Waals surface area contributed by atoms with Gasteiger partial charge in [-0.25, -0.2) is 4.79 Å². The number of alkyl halides is 1. The lowest BCUT2D eigenvalue weighted by Gasteiger charge is -2.29. The molecule has 2 heterocycles. The van der Waals surface area contributed by atoms with E-state index in [1.165, 1.54) is 16.8 Å². The summed E-state index contributed by atoms with van der Waals surface area (Å²) in [6.45, 7) is 3.79. The van der Waals surface area contributed by atoms with E-state index < -0.39 is 34.6 Å². The number of aliphatic hydroxyl groups is 1. The lowest BCUT2D eigenvalue weighted by atomic mass is 9.91. The number of ether oxygens (including phenoxy) is 1. The molecule has 1 aliphatic heterocycles. The number of rotatable bonds is 3. The van der Waals surface area contributed by atoms with Crippen LogP contribution in [0.3, 0.4) is 0 Å². The predicted octanol–water partition coefficient (Wildman–Crippen LogP) is 0.593. The van der Waals surface area contributed by atoms with Crippen LogP contribution >= 0.6 is 11.6 Å². The number of halogens is 1. The van der Waals surface area contributed by atoms with Gasteiger partial charge in [0.15, 0.2) is 6.23 Å². The molecule has 0 spiro atoms. The van der Waals surface area contributed by atoms with Gasteiger partial charge in [0.25, 0.3) is 5.56 Å². The van der Waals surface area contributed by atoms with Crippen LogP contribution in [0.2, 0.25) is 0 Å². The standard InChI is InChI=1S/C12H17ClN2O4/c1-3-12(4-2)9(17)8(13)10(19-12)15-6-5-7(16)14-11(15)18/h5-6,8-10,17H,3-4H2,1-2H3,(H,14,16,18)/t8-,9+,10-/m1/s1. The second kappa shape index (κ2) is 5.11. The first kappa shape index (κ1) is 14.3. The molecular weight excluding hydrogens is 272 g/mol. The second-order valence-corrected chi connectivity index (χ2v) is 5.19. The minimum Gasteiger partial charge on any atom is -0.388 e. The van der Waals surface area contributed by atoms with Crippen molar-refractivity contribution in [3.05, 3.63) is 33.1 Å². The predicted molar refractivity (Wildman–Crippen MR) is 70.4 cm³/mol. The van der Waals surface area contributed by atoms with Gasteiger partial charge in [-0.05, 0) is 12.8 Å². The number of H-pyrrole nitrogens is 1. The Morgan fingerprint density at radius 3 is 2.58 bits per heavy atom. The van der Waals surface area contributed by atoms with Gasteiger partial charge in [0.05, 0.1) is 5.60 Å². The van der Waals surface area contributed by atoms with E-state index in [1.54, 1.807) is 0 Å². The molecule has 7 heteroatoms. The highest BCUT2D eigenvalue weighted by Gasteiger charge is 2.52. The highest BCUT2D eigenvalue weighted by molar-refractivity contribution is 6.21. The van der Waals surface area contributed by atoms with E-state index in [2.05, 4.69) is 4.98 Å². The summed E-state index contributed by atoms with van der Waals surface area (Å²) in [5.74, 6) is 0. The van der Waals surface area contributed by atoms with Crippen LogP contribution < -0.4 is 11.2 Å². The fourth-order valence-corrected chi connectivity index (χ4v) is 2.90. The molecule has 0 bridgehead atoms. The first-order valence-electron chi connectivity index (χ1n) is 6.26. The van der Waals surface area contributed by atoms with Gasteiger partial charge in [0.2, 0.25) is 0 Å². The van der Waals surface area contributed by atoms with Crippen molar-refractivity contribution >= 4 is 11.6 Å². The molecule has 1 aliphatic rings. The van der Waals surface area contributed by atoms with E-state index >= 15 is 0 Å². The van der Waals surface area contributed by atoms with E-state index in [0.29, 0.717) is 12.8 Å². The molecule has 0 amide bonds. The Labute approximate surface area is 115 Å². The van der Waals surface area contributed by atoms with E-state index in [4.69, 9.17) is 16.3 Å². The summed E-state index contributed by atoms with van der Waals surface area (Å²) >= 11 is 6.19. The number of aliphatic hydroxyl groups excluding tert-OH is 1. The Morgan fingerprint density at radius 2 is 2.11 bits per heavy atom. The van der Waals surface area contributed by atoms with Crippen LogP contribution in [0.5, 0.6) is 0 Å². The molecule has 0 unspecified atom stereocenters. The summed E-state index contributed by atoms with van der Waals surface area (Å²) in [7, 11) is 0. The van der Waals surface area contributed by atoms with Crippen molar-refractivity contribution in [2.45, 2.75) is 50.0 Å². The van der Waals surface area contributed by atoms with E-state index in [1.807, 2.05) is 13.8 Å². The summed E-state index contributed by atoms with van der Waals surface area (Å²) < 4.78 is 7.04. The molecule has 2 N–H and O–H groups in total. The fourth-order valence-electron chi connectivity index (χ4n) is 2.49. The number of hydrogen-bond donors (Lipinski definition) is 2. The third kappa shape index (κ3) is 2.24. The molecular formula is C12H17ClN2O4. The topological polar surface area (TPSA) is 84.3 Å². The Balaban J connectivity index is 2.42. The van der Waals surface area contributed by atoms with Gasteiger partial charge in [-0.1, -0.05) is 13.8 Å². The fraction of sp³-hybridized carbons (Fsp3) is 0.667. The number of nitrogens with one attached hydrogen (secondary N) is 1. The molecule has 2 rings (SSSR count). The second-order valence-electron chi connectivity index (χ2n) is 4.69. The van der Waals surface area contributed by atoms with Crippen LogP contribution in [-0.4, -0.2) is 31.7 Å². The van der Waals surface area contributed by atoms with Gasteiger partial charge in [-0.15, -0.1) is 11.6 Å². The van der Waals surface area contributed by atoms with Crippen molar-refractivity contribution in [3.63, 3.8) is 0 Å². The normalized spacial score (nSPS) is 29.6. The maximum Gasteiger partial charge on any atom is 0.330 e.